The van der Waals surface area contributed by atoms with E-state index < -0.39 is 0 Å². The van der Waals surface area contributed by atoms with E-state index in [0.717, 1.165) is 0 Å². The molecular formula is C12H28N2O6. The van der Waals surface area contributed by atoms with Crippen molar-refractivity contribution in [2.24, 2.45) is 5.84 Å². The summed E-state index contributed by atoms with van der Waals surface area (Å²) in [7, 11) is 1.64. The molecule has 0 saturated carbocycles. The molecule has 0 unspecified atom stereocenters. The van der Waals surface area contributed by atoms with Crippen LogP contribution in [-0.2, 0) is 23.7 Å². The molecule has 0 aliphatic heterocycles. The Morgan fingerprint density at radius 3 is 1.75 bits per heavy atom. The summed E-state index contributed by atoms with van der Waals surface area (Å²) in [5.74, 6) is 4.55. The quantitative estimate of drug-likeness (QED) is 0.184. The van der Waals surface area contributed by atoms with Crippen molar-refractivity contribution in [1.82, 2.24) is 5.43 Å². The second kappa shape index (κ2) is 20.5. The number of aliphatic hydroxyl groups is 1. The maximum absolute atomic E-state index is 9.94. The highest BCUT2D eigenvalue weighted by molar-refractivity contribution is 5.74. The van der Waals surface area contributed by atoms with Gasteiger partial charge in [-0.1, -0.05) is 6.92 Å². The largest absolute Gasteiger partial charge is 0.394 e. The highest BCUT2D eigenvalue weighted by Gasteiger charge is 1.90. The van der Waals surface area contributed by atoms with Gasteiger partial charge < -0.3 is 24.1 Å². The molecule has 0 aromatic carbocycles. The monoisotopic (exact) mass is 296 g/mol. The minimum absolute atomic E-state index is 0.0557. The molecule has 4 N–H and O–H groups in total. The van der Waals surface area contributed by atoms with Crippen molar-refractivity contribution in [3.05, 3.63) is 0 Å². The topological polar surface area (TPSA) is 112 Å². The Labute approximate surface area is 120 Å². The molecule has 8 heteroatoms. The van der Waals surface area contributed by atoms with E-state index in [1.807, 2.05) is 5.43 Å². The van der Waals surface area contributed by atoms with Crippen LogP contribution in [-0.4, -0.2) is 71.0 Å². The first-order valence-electron chi connectivity index (χ1n) is 6.55. The molecule has 0 aliphatic rings. The fourth-order valence-corrected chi connectivity index (χ4v) is 0.851. The van der Waals surface area contributed by atoms with Crippen LogP contribution in [0.1, 0.15) is 13.3 Å². The Kier molecular flexibility index (Phi) is 22.1. The van der Waals surface area contributed by atoms with E-state index in [4.69, 9.17) is 24.1 Å². The molecule has 0 aliphatic carbocycles. The van der Waals surface area contributed by atoms with Gasteiger partial charge in [0, 0.05) is 13.5 Å². The van der Waals surface area contributed by atoms with Gasteiger partial charge in [0.15, 0.2) is 0 Å². The third-order valence-corrected chi connectivity index (χ3v) is 1.89. The zero-order valence-electron chi connectivity index (χ0n) is 12.4. The molecule has 0 rings (SSSR count). The number of hydrogen-bond donors (Lipinski definition) is 3. The summed E-state index contributed by atoms with van der Waals surface area (Å²) in [6, 6.07) is 0. The van der Waals surface area contributed by atoms with Gasteiger partial charge in [0.2, 0.25) is 5.91 Å². The molecule has 0 saturated heterocycles. The van der Waals surface area contributed by atoms with Gasteiger partial charge in [0.1, 0.15) is 0 Å². The first-order chi connectivity index (χ1) is 9.72. The van der Waals surface area contributed by atoms with E-state index >= 15 is 0 Å². The molecule has 0 fully saturated rings. The first kappa shape index (κ1) is 21.5. The lowest BCUT2D eigenvalue weighted by Gasteiger charge is -2.05. The van der Waals surface area contributed by atoms with Crippen LogP contribution in [0, 0.1) is 0 Å². The van der Waals surface area contributed by atoms with Crippen LogP contribution in [0.2, 0.25) is 0 Å². The number of carbonyl (C=O) groups is 1. The molecule has 8 nitrogen and oxygen atoms in total. The lowest BCUT2D eigenvalue weighted by atomic mass is 10.5. The fraction of sp³-hybridized carbons (Fsp3) is 0.917. The molecule has 1 amide bonds. The summed E-state index contributed by atoms with van der Waals surface area (Å²) >= 11 is 0. The highest BCUT2D eigenvalue weighted by Crippen LogP contribution is 1.81. The van der Waals surface area contributed by atoms with Gasteiger partial charge in [0.25, 0.3) is 0 Å². The second-order valence-electron chi connectivity index (χ2n) is 3.47. The lowest BCUT2D eigenvalue weighted by molar-refractivity contribution is -0.120. The summed E-state index contributed by atoms with van der Waals surface area (Å²) in [5.41, 5.74) is 1.98. The van der Waals surface area contributed by atoms with Gasteiger partial charge in [-0.25, -0.2) is 5.84 Å². The predicted octanol–water partition coefficient (Wildman–Crippen LogP) is -0.939. The number of aliphatic hydroxyl groups excluding tert-OH is 1. The molecule has 0 bridgehead atoms. The predicted molar refractivity (Wildman–Crippen MR) is 74.0 cm³/mol. The van der Waals surface area contributed by atoms with Gasteiger partial charge in [0.05, 0.1) is 52.9 Å². The van der Waals surface area contributed by atoms with E-state index in [1.165, 1.54) is 0 Å². The van der Waals surface area contributed by atoms with E-state index in [0.29, 0.717) is 52.7 Å². The minimum atomic E-state index is -0.130. The number of nitrogens with one attached hydrogen (secondary N) is 1. The maximum atomic E-state index is 9.94. The van der Waals surface area contributed by atoms with E-state index in [-0.39, 0.29) is 12.5 Å². The third kappa shape index (κ3) is 22.4. The fourth-order valence-electron chi connectivity index (χ4n) is 0.851. The van der Waals surface area contributed by atoms with Gasteiger partial charge in [-0.15, -0.1) is 0 Å². The molecule has 0 spiro atoms. The molecule has 20 heavy (non-hydrogen) atoms. The Morgan fingerprint density at radius 1 is 1.00 bits per heavy atom. The number of hydrazine groups is 1. The SMILES string of the molecule is CCC(=O)NN.COCCOCCOCCOCCO. The zero-order chi connectivity index (χ0) is 15.5. The lowest BCUT2D eigenvalue weighted by Crippen LogP contribution is -2.28. The van der Waals surface area contributed by atoms with Crippen molar-refractivity contribution in [1.29, 1.82) is 0 Å². The van der Waals surface area contributed by atoms with Crippen LogP contribution in [0.5, 0.6) is 0 Å². The van der Waals surface area contributed by atoms with Crippen molar-refractivity contribution in [2.75, 3.05) is 60.0 Å². The van der Waals surface area contributed by atoms with Gasteiger partial charge in [-0.2, -0.15) is 0 Å². The smallest absolute Gasteiger partial charge is 0.233 e. The molecule has 0 aromatic heterocycles. The normalized spacial score (nSPS) is 9.80. The number of rotatable bonds is 12. The maximum Gasteiger partial charge on any atom is 0.233 e. The Balaban J connectivity index is 0. The minimum Gasteiger partial charge on any atom is -0.394 e. The second-order valence-corrected chi connectivity index (χ2v) is 3.47. The van der Waals surface area contributed by atoms with Crippen LogP contribution >= 0.6 is 0 Å². The summed E-state index contributed by atoms with van der Waals surface area (Å²) in [6.45, 7) is 5.55. The number of carbonyl (C=O) groups excluding carboxylic acids is 1. The number of nitrogens with two attached hydrogens (primary N) is 1. The number of hydrogen-bond acceptors (Lipinski definition) is 7. The van der Waals surface area contributed by atoms with Crippen LogP contribution in [0.4, 0.5) is 0 Å². The summed E-state index contributed by atoms with van der Waals surface area (Å²) in [5, 5.41) is 8.39. The van der Waals surface area contributed by atoms with Gasteiger partial charge in [-0.05, 0) is 0 Å². The van der Waals surface area contributed by atoms with Crippen molar-refractivity contribution in [3.63, 3.8) is 0 Å². The Hall–Kier alpha value is -0.770. The Bertz CT molecular complexity index is 177. The zero-order valence-corrected chi connectivity index (χ0v) is 12.4. The third-order valence-electron chi connectivity index (χ3n) is 1.89. The highest BCUT2D eigenvalue weighted by atomic mass is 16.6. The first-order valence-corrected chi connectivity index (χ1v) is 6.55. The average Bonchev–Trinajstić information content (AvgIpc) is 2.49. The molecule has 0 aromatic rings. The van der Waals surface area contributed by atoms with Crippen molar-refractivity contribution in [3.8, 4) is 0 Å². The number of methoxy groups -OCH3 is 1. The Morgan fingerprint density at radius 2 is 1.45 bits per heavy atom. The summed E-state index contributed by atoms with van der Waals surface area (Å²) in [4.78, 5) is 9.94. The van der Waals surface area contributed by atoms with Gasteiger partial charge in [-0.3, -0.25) is 10.2 Å². The van der Waals surface area contributed by atoms with E-state index in [1.54, 1.807) is 14.0 Å². The molecule has 122 valence electrons. The van der Waals surface area contributed by atoms with Crippen molar-refractivity contribution in [2.45, 2.75) is 13.3 Å². The van der Waals surface area contributed by atoms with Crippen LogP contribution in [0.3, 0.4) is 0 Å². The van der Waals surface area contributed by atoms with Crippen LogP contribution in [0.15, 0.2) is 0 Å². The van der Waals surface area contributed by atoms with Crippen LogP contribution < -0.4 is 11.3 Å². The van der Waals surface area contributed by atoms with Gasteiger partial charge >= 0.3 is 0 Å². The van der Waals surface area contributed by atoms with E-state index in [2.05, 4.69) is 5.84 Å². The summed E-state index contributed by atoms with van der Waals surface area (Å²) in [6.07, 6.45) is 0.455. The number of amides is 1. The summed E-state index contributed by atoms with van der Waals surface area (Å²) < 4.78 is 20.2. The molecule has 0 atom stereocenters. The molecule has 0 heterocycles. The average molecular weight is 296 g/mol. The van der Waals surface area contributed by atoms with Crippen LogP contribution in [0.25, 0.3) is 0 Å². The van der Waals surface area contributed by atoms with Crippen molar-refractivity contribution >= 4 is 5.91 Å². The molecule has 0 radical (unpaired) electrons. The molecular weight excluding hydrogens is 268 g/mol. The van der Waals surface area contributed by atoms with E-state index in [9.17, 15) is 4.79 Å². The van der Waals surface area contributed by atoms with Crippen molar-refractivity contribution < 1.29 is 28.8 Å². The number of ether oxygens (including phenoxy) is 4. The standard InChI is InChI=1S/C9H20O5.C3H8N2O/c1-11-4-5-13-8-9-14-7-6-12-3-2-10;1-2-3(6)5-4/h10H,2-9H2,1H3;2,4H2,1H3,(H,5,6).